The van der Waals surface area contributed by atoms with Crippen molar-refractivity contribution in [3.05, 3.63) is 47.5 Å². The van der Waals surface area contributed by atoms with E-state index in [1.165, 1.54) is 17.2 Å². The summed E-state index contributed by atoms with van der Waals surface area (Å²) >= 11 is 0. The summed E-state index contributed by atoms with van der Waals surface area (Å²) in [6.07, 6.45) is 5.02. The molecule has 1 aromatic carbocycles. The van der Waals surface area contributed by atoms with E-state index in [-0.39, 0.29) is 0 Å². The topological polar surface area (TPSA) is 17.1 Å². The second kappa shape index (κ2) is 4.50. The van der Waals surface area contributed by atoms with E-state index < -0.39 is 0 Å². The van der Waals surface area contributed by atoms with Gasteiger partial charge in [0, 0.05) is 0 Å². The van der Waals surface area contributed by atoms with Crippen LogP contribution in [0.2, 0.25) is 0 Å². The zero-order valence-corrected chi connectivity index (χ0v) is 7.16. The van der Waals surface area contributed by atoms with E-state index in [1.807, 2.05) is 6.08 Å². The van der Waals surface area contributed by atoms with Crippen LogP contribution in [0.25, 0.3) is 0 Å². The minimum absolute atomic E-state index is 0.800. The van der Waals surface area contributed by atoms with Crippen molar-refractivity contribution in [2.24, 2.45) is 0 Å². The molecule has 0 aromatic heterocycles. The van der Waals surface area contributed by atoms with Gasteiger partial charge in [-0.1, -0.05) is 35.9 Å². The van der Waals surface area contributed by atoms with Gasteiger partial charge in [0.15, 0.2) is 0 Å². The highest BCUT2D eigenvalue weighted by Crippen LogP contribution is 2.03. The third kappa shape index (κ3) is 2.70. The summed E-state index contributed by atoms with van der Waals surface area (Å²) in [6.45, 7) is 2.06. The lowest BCUT2D eigenvalue weighted by Crippen LogP contribution is -1.80. The summed E-state index contributed by atoms with van der Waals surface area (Å²) < 4.78 is 0. The van der Waals surface area contributed by atoms with E-state index in [0.717, 1.165) is 12.7 Å². The molecule has 1 aromatic rings. The normalized spacial score (nSPS) is 10.4. The number of carbonyl (C=O) groups is 1. The molecule has 1 heteroatoms. The van der Waals surface area contributed by atoms with Crippen LogP contribution in [-0.4, -0.2) is 6.29 Å². The van der Waals surface area contributed by atoms with E-state index in [0.29, 0.717) is 0 Å². The summed E-state index contributed by atoms with van der Waals surface area (Å²) in [6, 6.07) is 8.29. The van der Waals surface area contributed by atoms with Gasteiger partial charge in [0.05, 0.1) is 0 Å². The van der Waals surface area contributed by atoms with Gasteiger partial charge in [-0.2, -0.15) is 0 Å². The Bertz CT molecular complexity index is 270. The highest BCUT2D eigenvalue weighted by Gasteiger charge is 1.87. The molecule has 1 nitrogen and oxygen atoms in total. The highest BCUT2D eigenvalue weighted by atomic mass is 16.1. The van der Waals surface area contributed by atoms with Crippen LogP contribution in [0.5, 0.6) is 0 Å². The van der Waals surface area contributed by atoms with E-state index in [2.05, 4.69) is 31.2 Å². The van der Waals surface area contributed by atoms with Crippen molar-refractivity contribution in [3.8, 4) is 0 Å². The Morgan fingerprint density at radius 2 is 1.92 bits per heavy atom. The van der Waals surface area contributed by atoms with E-state index in [9.17, 15) is 4.79 Å². The smallest absolute Gasteiger partial charge is 0.142 e. The molecule has 0 saturated carbocycles. The van der Waals surface area contributed by atoms with Crippen molar-refractivity contribution >= 4 is 6.29 Å². The average Bonchev–Trinajstić information content (AvgIpc) is 2.09. The number of carbonyl (C=O) groups excluding carboxylic acids is 1. The van der Waals surface area contributed by atoms with Crippen LogP contribution in [0.3, 0.4) is 0 Å². The molecular weight excluding hydrogens is 148 g/mol. The molecule has 1 rings (SSSR count). The SMILES string of the molecule is Cc1ccc(CC=CC=O)cc1. The van der Waals surface area contributed by atoms with Crippen molar-refractivity contribution in [3.63, 3.8) is 0 Å². The second-order valence-electron chi connectivity index (χ2n) is 2.75. The molecule has 0 unspecified atom stereocenters. The summed E-state index contributed by atoms with van der Waals surface area (Å²) in [5, 5.41) is 0. The Morgan fingerprint density at radius 1 is 1.25 bits per heavy atom. The van der Waals surface area contributed by atoms with Crippen LogP contribution in [0.15, 0.2) is 36.4 Å². The molecule has 0 fully saturated rings. The first-order valence-electron chi connectivity index (χ1n) is 3.99. The van der Waals surface area contributed by atoms with Gasteiger partial charge >= 0.3 is 0 Å². The maximum Gasteiger partial charge on any atom is 0.142 e. The average molecular weight is 160 g/mol. The molecule has 0 atom stereocenters. The van der Waals surface area contributed by atoms with E-state index >= 15 is 0 Å². The van der Waals surface area contributed by atoms with Gasteiger partial charge in [0.25, 0.3) is 0 Å². The molecule has 0 amide bonds. The number of aldehydes is 1. The first-order valence-corrected chi connectivity index (χ1v) is 3.99. The number of hydrogen-bond donors (Lipinski definition) is 0. The van der Waals surface area contributed by atoms with Crippen LogP contribution in [0.4, 0.5) is 0 Å². The Labute approximate surface area is 72.7 Å². The summed E-state index contributed by atoms with van der Waals surface area (Å²) in [5.41, 5.74) is 2.50. The molecule has 0 radical (unpaired) electrons. The molecule has 0 aliphatic heterocycles. The maximum atomic E-state index is 9.96. The third-order valence-corrected chi connectivity index (χ3v) is 1.69. The molecule has 0 aliphatic carbocycles. The Morgan fingerprint density at radius 3 is 2.50 bits per heavy atom. The van der Waals surface area contributed by atoms with Gasteiger partial charge in [-0.3, -0.25) is 4.79 Å². The van der Waals surface area contributed by atoms with Gasteiger partial charge in [-0.25, -0.2) is 0 Å². The quantitative estimate of drug-likeness (QED) is 0.489. The van der Waals surface area contributed by atoms with Gasteiger partial charge in [-0.05, 0) is 25.0 Å². The lowest BCUT2D eigenvalue weighted by molar-refractivity contribution is -0.104. The fourth-order valence-electron chi connectivity index (χ4n) is 0.984. The molecule has 0 heterocycles. The molecule has 12 heavy (non-hydrogen) atoms. The molecule has 0 N–H and O–H groups in total. The standard InChI is InChI=1S/C11H12O/c1-10-5-7-11(8-6-10)4-2-3-9-12/h2-3,5-9H,4H2,1H3. The van der Waals surface area contributed by atoms with Crippen molar-refractivity contribution in [1.29, 1.82) is 0 Å². The van der Waals surface area contributed by atoms with Crippen molar-refractivity contribution in [2.45, 2.75) is 13.3 Å². The van der Waals surface area contributed by atoms with Crippen molar-refractivity contribution in [2.75, 3.05) is 0 Å². The number of aryl methyl sites for hydroxylation is 1. The number of rotatable bonds is 3. The minimum Gasteiger partial charge on any atom is -0.299 e. The predicted octanol–water partition coefficient (Wildman–Crippen LogP) is 2.29. The van der Waals surface area contributed by atoms with Crippen LogP contribution >= 0.6 is 0 Å². The van der Waals surface area contributed by atoms with Crippen LogP contribution in [0.1, 0.15) is 11.1 Å². The Balaban J connectivity index is 2.58. The maximum absolute atomic E-state index is 9.96. The van der Waals surface area contributed by atoms with E-state index in [1.54, 1.807) is 0 Å². The number of benzene rings is 1. The summed E-state index contributed by atoms with van der Waals surface area (Å²) in [4.78, 5) is 9.96. The summed E-state index contributed by atoms with van der Waals surface area (Å²) in [7, 11) is 0. The van der Waals surface area contributed by atoms with Gasteiger partial charge < -0.3 is 0 Å². The Kier molecular flexibility index (Phi) is 3.27. The minimum atomic E-state index is 0.800. The lowest BCUT2D eigenvalue weighted by atomic mass is 10.1. The molecular formula is C11H12O. The number of hydrogen-bond acceptors (Lipinski definition) is 1. The number of allylic oxidation sites excluding steroid dienone is 2. The van der Waals surface area contributed by atoms with Crippen LogP contribution < -0.4 is 0 Å². The molecule has 62 valence electrons. The van der Waals surface area contributed by atoms with Crippen molar-refractivity contribution < 1.29 is 4.79 Å². The van der Waals surface area contributed by atoms with Crippen molar-refractivity contribution in [1.82, 2.24) is 0 Å². The monoisotopic (exact) mass is 160 g/mol. The third-order valence-electron chi connectivity index (χ3n) is 1.69. The van der Waals surface area contributed by atoms with Gasteiger partial charge in [0.2, 0.25) is 0 Å². The van der Waals surface area contributed by atoms with Crippen LogP contribution in [0, 0.1) is 6.92 Å². The largest absolute Gasteiger partial charge is 0.299 e. The first-order chi connectivity index (χ1) is 5.83. The highest BCUT2D eigenvalue weighted by molar-refractivity contribution is 5.64. The van der Waals surface area contributed by atoms with Crippen LogP contribution in [-0.2, 0) is 11.2 Å². The second-order valence-corrected chi connectivity index (χ2v) is 2.75. The Hall–Kier alpha value is -1.37. The fourth-order valence-corrected chi connectivity index (χ4v) is 0.984. The fraction of sp³-hybridized carbons (Fsp3) is 0.182. The predicted molar refractivity (Wildman–Crippen MR) is 50.1 cm³/mol. The molecule has 0 spiro atoms. The summed E-state index contributed by atoms with van der Waals surface area (Å²) in [5.74, 6) is 0. The zero-order chi connectivity index (χ0) is 8.81. The van der Waals surface area contributed by atoms with E-state index in [4.69, 9.17) is 0 Å². The molecule has 0 aliphatic rings. The first kappa shape index (κ1) is 8.72. The zero-order valence-electron chi connectivity index (χ0n) is 7.16. The molecule has 0 saturated heterocycles. The van der Waals surface area contributed by atoms with Gasteiger partial charge in [-0.15, -0.1) is 0 Å². The van der Waals surface area contributed by atoms with Gasteiger partial charge in [0.1, 0.15) is 6.29 Å². The molecule has 0 bridgehead atoms. The lowest BCUT2D eigenvalue weighted by Gasteiger charge is -1.95.